The van der Waals surface area contributed by atoms with E-state index in [2.05, 4.69) is 10.3 Å². The Morgan fingerprint density at radius 3 is 2.90 bits per heavy atom. The summed E-state index contributed by atoms with van der Waals surface area (Å²) < 4.78 is 5.44. The van der Waals surface area contributed by atoms with Crippen molar-refractivity contribution >= 4 is 16.8 Å². The zero-order chi connectivity index (χ0) is 14.1. The van der Waals surface area contributed by atoms with Crippen molar-refractivity contribution in [2.24, 2.45) is 0 Å². The molecule has 0 amide bonds. The zero-order valence-electron chi connectivity index (χ0n) is 11.5. The van der Waals surface area contributed by atoms with Crippen LogP contribution in [0.1, 0.15) is 17.0 Å². The van der Waals surface area contributed by atoms with Crippen LogP contribution in [0.2, 0.25) is 0 Å². The smallest absolute Gasteiger partial charge is 0.192 e. The number of aromatic nitrogens is 1. The van der Waals surface area contributed by atoms with Crippen LogP contribution in [0.4, 0.5) is 5.69 Å². The molecule has 0 bridgehead atoms. The summed E-state index contributed by atoms with van der Waals surface area (Å²) in [5.41, 5.74) is 4.33. The summed E-state index contributed by atoms with van der Waals surface area (Å²) in [6.45, 7) is 4.29. The van der Waals surface area contributed by atoms with Crippen molar-refractivity contribution < 1.29 is 9.52 Å². The molecule has 0 saturated heterocycles. The van der Waals surface area contributed by atoms with Gasteiger partial charge in [-0.05, 0) is 30.7 Å². The molecule has 0 radical (unpaired) electrons. The Morgan fingerprint density at radius 1 is 1.20 bits per heavy atom. The monoisotopic (exact) mass is 268 g/mol. The molecule has 0 aliphatic heterocycles. The quantitative estimate of drug-likeness (QED) is 0.759. The Balaban J connectivity index is 1.81. The largest absolute Gasteiger partial charge is 0.507 e. The van der Waals surface area contributed by atoms with Crippen LogP contribution in [0.3, 0.4) is 0 Å². The van der Waals surface area contributed by atoms with Crippen LogP contribution in [0.5, 0.6) is 5.75 Å². The van der Waals surface area contributed by atoms with Crippen molar-refractivity contribution in [2.45, 2.75) is 20.4 Å². The van der Waals surface area contributed by atoms with E-state index in [-0.39, 0.29) is 0 Å². The maximum atomic E-state index is 9.98. The molecule has 1 aromatic heterocycles. The predicted octanol–water partition coefficient (Wildman–Crippen LogP) is 3.76. The van der Waals surface area contributed by atoms with Crippen LogP contribution in [-0.2, 0) is 6.54 Å². The molecule has 102 valence electrons. The molecule has 3 rings (SSSR count). The van der Waals surface area contributed by atoms with Gasteiger partial charge in [0.25, 0.3) is 0 Å². The van der Waals surface area contributed by atoms with E-state index in [0.717, 1.165) is 27.9 Å². The highest BCUT2D eigenvalue weighted by Gasteiger charge is 2.05. The van der Waals surface area contributed by atoms with Gasteiger partial charge in [-0.1, -0.05) is 18.2 Å². The lowest BCUT2D eigenvalue weighted by Crippen LogP contribution is -2.00. The molecule has 0 aliphatic carbocycles. The number of hydrogen-bond donors (Lipinski definition) is 2. The van der Waals surface area contributed by atoms with Gasteiger partial charge in [0, 0.05) is 24.7 Å². The third-order valence-corrected chi connectivity index (χ3v) is 3.30. The van der Waals surface area contributed by atoms with Crippen LogP contribution < -0.4 is 5.32 Å². The summed E-state index contributed by atoms with van der Waals surface area (Å²) in [7, 11) is 0. The number of para-hydroxylation sites is 1. The zero-order valence-corrected chi connectivity index (χ0v) is 11.5. The fraction of sp³-hybridized carbons (Fsp3) is 0.188. The van der Waals surface area contributed by atoms with E-state index in [0.29, 0.717) is 18.2 Å². The Labute approximate surface area is 117 Å². The Morgan fingerprint density at radius 2 is 2.05 bits per heavy atom. The summed E-state index contributed by atoms with van der Waals surface area (Å²) in [5.74, 6) is 1.01. The minimum absolute atomic E-state index is 0.346. The molecular formula is C16H16N2O2. The van der Waals surface area contributed by atoms with Gasteiger partial charge in [0.1, 0.15) is 11.3 Å². The summed E-state index contributed by atoms with van der Waals surface area (Å²) in [4.78, 5) is 4.30. The molecule has 0 aliphatic rings. The summed E-state index contributed by atoms with van der Waals surface area (Å²) in [6, 6.07) is 11.5. The van der Waals surface area contributed by atoms with E-state index in [1.54, 1.807) is 0 Å². The van der Waals surface area contributed by atoms with Crippen molar-refractivity contribution in [3.63, 3.8) is 0 Å². The highest BCUT2D eigenvalue weighted by molar-refractivity contribution is 5.77. The lowest BCUT2D eigenvalue weighted by molar-refractivity contribution is 0.465. The first-order chi connectivity index (χ1) is 9.63. The number of nitrogens with zero attached hydrogens (tertiary/aromatic N) is 1. The molecule has 2 N–H and O–H groups in total. The van der Waals surface area contributed by atoms with Crippen LogP contribution in [0.15, 0.2) is 40.8 Å². The van der Waals surface area contributed by atoms with Gasteiger partial charge >= 0.3 is 0 Å². The van der Waals surface area contributed by atoms with E-state index >= 15 is 0 Å². The molecule has 3 aromatic rings. The van der Waals surface area contributed by atoms with Gasteiger partial charge < -0.3 is 14.8 Å². The number of phenols is 1. The van der Waals surface area contributed by atoms with E-state index in [4.69, 9.17) is 4.42 Å². The van der Waals surface area contributed by atoms with Crippen molar-refractivity contribution in [3.8, 4) is 5.75 Å². The highest BCUT2D eigenvalue weighted by atomic mass is 16.3. The van der Waals surface area contributed by atoms with Gasteiger partial charge in [0.15, 0.2) is 11.5 Å². The first kappa shape index (κ1) is 12.5. The number of hydrogen-bond acceptors (Lipinski definition) is 4. The molecular weight excluding hydrogens is 252 g/mol. The lowest BCUT2D eigenvalue weighted by atomic mass is 10.1. The highest BCUT2D eigenvalue weighted by Crippen LogP contribution is 2.24. The molecule has 0 saturated carbocycles. The van der Waals surface area contributed by atoms with Crippen molar-refractivity contribution in [1.29, 1.82) is 0 Å². The Kier molecular flexibility index (Phi) is 3.06. The number of rotatable bonds is 3. The Bertz CT molecular complexity index is 762. The average Bonchev–Trinajstić information content (AvgIpc) is 2.79. The average molecular weight is 268 g/mol. The number of fused-ring (bicyclic) bond motifs is 1. The molecule has 0 unspecified atom stereocenters. The molecule has 0 spiro atoms. The normalized spacial score (nSPS) is 10.9. The second kappa shape index (κ2) is 4.89. The van der Waals surface area contributed by atoms with Gasteiger partial charge in [-0.2, -0.15) is 0 Å². The number of aryl methyl sites for hydroxylation is 2. The van der Waals surface area contributed by atoms with Crippen LogP contribution in [0.25, 0.3) is 11.1 Å². The number of nitrogens with one attached hydrogen (secondary N) is 1. The minimum Gasteiger partial charge on any atom is -0.507 e. The van der Waals surface area contributed by atoms with Gasteiger partial charge in [0.05, 0.1) is 0 Å². The number of aromatic hydroxyl groups is 1. The summed E-state index contributed by atoms with van der Waals surface area (Å²) >= 11 is 0. The first-order valence-electron chi connectivity index (χ1n) is 6.52. The first-order valence-corrected chi connectivity index (χ1v) is 6.52. The fourth-order valence-electron chi connectivity index (χ4n) is 2.21. The molecule has 20 heavy (non-hydrogen) atoms. The summed E-state index contributed by atoms with van der Waals surface area (Å²) in [6.07, 6.45) is 0. The molecule has 2 aromatic carbocycles. The second-order valence-corrected chi connectivity index (χ2v) is 4.85. The van der Waals surface area contributed by atoms with Crippen LogP contribution >= 0.6 is 0 Å². The maximum absolute atomic E-state index is 9.98. The van der Waals surface area contributed by atoms with E-state index < -0.39 is 0 Å². The maximum Gasteiger partial charge on any atom is 0.192 e. The van der Waals surface area contributed by atoms with Crippen molar-refractivity contribution in [2.75, 3.05) is 5.32 Å². The van der Waals surface area contributed by atoms with E-state index in [1.165, 1.54) is 0 Å². The molecule has 4 heteroatoms. The fourth-order valence-corrected chi connectivity index (χ4v) is 2.21. The number of anilines is 1. The standard InChI is InChI=1S/C16H16N2O2/c1-10-4-3-5-12(16(10)19)9-17-13-6-7-15-14(8-13)18-11(2)20-15/h3-8,17,19H,9H2,1-2H3. The molecule has 0 fully saturated rings. The lowest BCUT2D eigenvalue weighted by Gasteiger charge is -2.09. The molecule has 0 atom stereocenters. The number of phenolic OH excluding ortho intramolecular Hbond substituents is 1. The summed E-state index contributed by atoms with van der Waals surface area (Å²) in [5, 5.41) is 13.3. The number of benzene rings is 2. The van der Waals surface area contributed by atoms with Crippen LogP contribution in [0, 0.1) is 13.8 Å². The minimum atomic E-state index is 0.346. The predicted molar refractivity (Wildman–Crippen MR) is 78.9 cm³/mol. The third-order valence-electron chi connectivity index (χ3n) is 3.30. The van der Waals surface area contributed by atoms with Gasteiger partial charge in [-0.15, -0.1) is 0 Å². The molecule has 4 nitrogen and oxygen atoms in total. The third kappa shape index (κ3) is 2.32. The van der Waals surface area contributed by atoms with Gasteiger partial charge in [-0.25, -0.2) is 4.98 Å². The SMILES string of the molecule is Cc1nc2cc(NCc3cccc(C)c3O)ccc2o1. The van der Waals surface area contributed by atoms with Crippen LogP contribution in [-0.4, -0.2) is 10.1 Å². The van der Waals surface area contributed by atoms with Gasteiger partial charge in [0.2, 0.25) is 0 Å². The van der Waals surface area contributed by atoms with E-state index in [9.17, 15) is 5.11 Å². The molecule has 1 heterocycles. The topological polar surface area (TPSA) is 58.3 Å². The number of oxazole rings is 1. The van der Waals surface area contributed by atoms with Gasteiger partial charge in [-0.3, -0.25) is 0 Å². The van der Waals surface area contributed by atoms with Crippen molar-refractivity contribution in [3.05, 3.63) is 53.4 Å². The van der Waals surface area contributed by atoms with E-state index in [1.807, 2.05) is 50.2 Å². The van der Waals surface area contributed by atoms with Crippen molar-refractivity contribution in [1.82, 2.24) is 4.98 Å². The Hall–Kier alpha value is -2.49. The second-order valence-electron chi connectivity index (χ2n) is 4.85.